The Morgan fingerprint density at radius 2 is 1.84 bits per heavy atom. The standard InChI is InChI=1S/C21H15BrN6O2S/c22-14-3-1-13(2-4-14)18-12-24-26-28(18)16-7-5-15(6-8-16)25-19(29)17-11-23-21-27(20(17)30)9-10-31-21/h1-8,11-12H,9-10H2,(H,25,29). The highest BCUT2D eigenvalue weighted by Gasteiger charge is 2.20. The molecule has 154 valence electrons. The maximum Gasteiger partial charge on any atom is 0.267 e. The third kappa shape index (κ3) is 3.79. The first-order valence-corrected chi connectivity index (χ1v) is 11.2. The van der Waals surface area contributed by atoms with Gasteiger partial charge in [-0.15, -0.1) is 5.10 Å². The number of fused-ring (bicyclic) bond motifs is 1. The summed E-state index contributed by atoms with van der Waals surface area (Å²) in [4.78, 5) is 29.4. The summed E-state index contributed by atoms with van der Waals surface area (Å²) in [5.41, 5.74) is 2.91. The first-order valence-electron chi connectivity index (χ1n) is 9.41. The highest BCUT2D eigenvalue weighted by atomic mass is 79.9. The van der Waals surface area contributed by atoms with Crippen LogP contribution in [0, 0.1) is 0 Å². The molecule has 5 rings (SSSR count). The number of halogens is 1. The Bertz CT molecular complexity index is 1330. The van der Waals surface area contributed by atoms with E-state index in [-0.39, 0.29) is 11.1 Å². The molecule has 0 atom stereocenters. The van der Waals surface area contributed by atoms with E-state index in [1.165, 1.54) is 22.5 Å². The number of hydrogen-bond acceptors (Lipinski definition) is 6. The number of aromatic nitrogens is 5. The Labute approximate surface area is 189 Å². The summed E-state index contributed by atoms with van der Waals surface area (Å²) in [6.45, 7) is 0.570. The smallest absolute Gasteiger partial charge is 0.267 e. The molecule has 31 heavy (non-hydrogen) atoms. The first kappa shape index (κ1) is 19.7. The maximum absolute atomic E-state index is 12.6. The van der Waals surface area contributed by atoms with Gasteiger partial charge < -0.3 is 5.32 Å². The van der Waals surface area contributed by atoms with Crippen LogP contribution >= 0.6 is 27.7 Å². The average Bonchev–Trinajstić information content (AvgIpc) is 3.45. The third-order valence-corrected chi connectivity index (χ3v) is 6.36. The van der Waals surface area contributed by atoms with Gasteiger partial charge in [-0.25, -0.2) is 9.67 Å². The van der Waals surface area contributed by atoms with Crippen molar-refractivity contribution in [3.05, 3.63) is 81.3 Å². The summed E-state index contributed by atoms with van der Waals surface area (Å²) in [5.74, 6) is 0.313. The number of benzene rings is 2. The second-order valence-electron chi connectivity index (χ2n) is 6.80. The average molecular weight is 495 g/mol. The van der Waals surface area contributed by atoms with Gasteiger partial charge in [0.1, 0.15) is 5.56 Å². The number of amides is 1. The zero-order valence-corrected chi connectivity index (χ0v) is 18.4. The van der Waals surface area contributed by atoms with Gasteiger partial charge in [-0.1, -0.05) is 45.0 Å². The molecule has 8 nitrogen and oxygen atoms in total. The van der Waals surface area contributed by atoms with Crippen molar-refractivity contribution in [1.29, 1.82) is 0 Å². The Kier molecular flexibility index (Phi) is 5.16. The van der Waals surface area contributed by atoms with Crippen LogP contribution in [-0.2, 0) is 6.54 Å². The number of rotatable bonds is 4. The summed E-state index contributed by atoms with van der Waals surface area (Å²) >= 11 is 4.95. The SMILES string of the molecule is O=C(Nc1ccc(-n2nncc2-c2ccc(Br)cc2)cc1)c1cnc2n(c1=O)CCS2. The maximum atomic E-state index is 12.6. The molecule has 0 saturated carbocycles. The van der Waals surface area contributed by atoms with Crippen LogP contribution in [0.3, 0.4) is 0 Å². The van der Waals surface area contributed by atoms with E-state index in [0.29, 0.717) is 17.4 Å². The Morgan fingerprint density at radius 1 is 1.06 bits per heavy atom. The molecule has 0 radical (unpaired) electrons. The minimum Gasteiger partial charge on any atom is -0.322 e. The minimum atomic E-state index is -0.478. The molecule has 0 unspecified atom stereocenters. The number of thioether (sulfide) groups is 1. The van der Waals surface area contributed by atoms with Crippen LogP contribution in [0.25, 0.3) is 16.9 Å². The molecule has 1 N–H and O–H groups in total. The minimum absolute atomic E-state index is 0.0316. The van der Waals surface area contributed by atoms with Crippen LogP contribution in [0.5, 0.6) is 0 Å². The summed E-state index contributed by atoms with van der Waals surface area (Å²) < 4.78 is 4.26. The number of nitrogens with zero attached hydrogens (tertiary/aromatic N) is 5. The van der Waals surface area contributed by atoms with Gasteiger partial charge in [-0.3, -0.25) is 14.2 Å². The van der Waals surface area contributed by atoms with E-state index in [4.69, 9.17) is 0 Å². The molecule has 1 aliphatic rings. The summed E-state index contributed by atoms with van der Waals surface area (Å²) in [5, 5.41) is 11.6. The van der Waals surface area contributed by atoms with Crippen molar-refractivity contribution in [1.82, 2.24) is 24.5 Å². The van der Waals surface area contributed by atoms with Crippen molar-refractivity contribution in [2.24, 2.45) is 0 Å². The quantitative estimate of drug-likeness (QED) is 0.435. The van der Waals surface area contributed by atoms with Crippen LogP contribution in [0.15, 0.2) is 75.3 Å². The number of nitrogens with one attached hydrogen (secondary N) is 1. The molecular weight excluding hydrogens is 480 g/mol. The lowest BCUT2D eigenvalue weighted by atomic mass is 10.1. The fraction of sp³-hybridized carbons (Fsp3) is 0.0952. The van der Waals surface area contributed by atoms with Gasteiger partial charge in [0.2, 0.25) is 0 Å². The van der Waals surface area contributed by atoms with Gasteiger partial charge in [0.05, 0.1) is 17.6 Å². The normalized spacial score (nSPS) is 12.5. The zero-order valence-electron chi connectivity index (χ0n) is 16.0. The predicted octanol–water partition coefficient (Wildman–Crippen LogP) is 3.61. The van der Waals surface area contributed by atoms with Gasteiger partial charge in [-0.05, 0) is 36.4 Å². The molecule has 0 spiro atoms. The van der Waals surface area contributed by atoms with Crippen molar-refractivity contribution >= 4 is 39.3 Å². The van der Waals surface area contributed by atoms with Crippen molar-refractivity contribution < 1.29 is 4.79 Å². The van der Waals surface area contributed by atoms with E-state index in [9.17, 15) is 9.59 Å². The number of carbonyl (C=O) groups is 1. The van der Waals surface area contributed by atoms with E-state index in [2.05, 4.69) is 36.5 Å². The molecule has 0 aliphatic carbocycles. The molecular formula is C21H15BrN6O2S. The fourth-order valence-corrected chi connectivity index (χ4v) is 4.48. The fourth-order valence-electron chi connectivity index (χ4n) is 3.30. The highest BCUT2D eigenvalue weighted by molar-refractivity contribution is 9.10. The van der Waals surface area contributed by atoms with E-state index < -0.39 is 5.91 Å². The molecule has 3 heterocycles. The molecule has 0 bridgehead atoms. The van der Waals surface area contributed by atoms with Crippen LogP contribution in [0.1, 0.15) is 10.4 Å². The van der Waals surface area contributed by atoms with Gasteiger partial charge in [0.15, 0.2) is 5.16 Å². The van der Waals surface area contributed by atoms with Gasteiger partial charge >= 0.3 is 0 Å². The number of anilines is 1. The number of carbonyl (C=O) groups excluding carboxylic acids is 1. The molecule has 2 aromatic heterocycles. The Hall–Kier alpha value is -3.24. The molecule has 0 saturated heterocycles. The Balaban J connectivity index is 1.37. The van der Waals surface area contributed by atoms with E-state index >= 15 is 0 Å². The van der Waals surface area contributed by atoms with E-state index in [1.54, 1.807) is 23.0 Å². The van der Waals surface area contributed by atoms with E-state index in [1.807, 2.05) is 36.4 Å². The van der Waals surface area contributed by atoms with Crippen LogP contribution in [0.4, 0.5) is 5.69 Å². The topological polar surface area (TPSA) is 94.7 Å². The molecule has 0 fully saturated rings. The van der Waals surface area contributed by atoms with Gasteiger partial charge in [-0.2, -0.15) is 0 Å². The third-order valence-electron chi connectivity index (χ3n) is 4.86. The molecule has 10 heteroatoms. The van der Waals surface area contributed by atoms with Crippen LogP contribution in [0.2, 0.25) is 0 Å². The van der Waals surface area contributed by atoms with Gasteiger partial charge in [0, 0.05) is 34.2 Å². The summed E-state index contributed by atoms with van der Waals surface area (Å²) in [6, 6.07) is 15.1. The molecule has 1 aliphatic heterocycles. The second kappa shape index (κ2) is 8.12. The molecule has 2 aromatic carbocycles. The second-order valence-corrected chi connectivity index (χ2v) is 8.78. The highest BCUT2D eigenvalue weighted by Crippen LogP contribution is 2.24. The lowest BCUT2D eigenvalue weighted by molar-refractivity contribution is 0.102. The van der Waals surface area contributed by atoms with Crippen molar-refractivity contribution in [2.75, 3.05) is 11.1 Å². The van der Waals surface area contributed by atoms with Crippen molar-refractivity contribution in [2.45, 2.75) is 11.7 Å². The van der Waals surface area contributed by atoms with Crippen LogP contribution < -0.4 is 10.9 Å². The predicted molar refractivity (Wildman–Crippen MR) is 122 cm³/mol. The van der Waals surface area contributed by atoms with E-state index in [0.717, 1.165) is 27.2 Å². The molecule has 4 aromatic rings. The number of hydrogen-bond donors (Lipinski definition) is 1. The lowest BCUT2D eigenvalue weighted by Gasteiger charge is -2.09. The Morgan fingerprint density at radius 3 is 2.61 bits per heavy atom. The first-order chi connectivity index (χ1) is 15.1. The van der Waals surface area contributed by atoms with Crippen LogP contribution in [-0.4, -0.2) is 36.2 Å². The van der Waals surface area contributed by atoms with Crippen molar-refractivity contribution in [3.8, 4) is 16.9 Å². The van der Waals surface area contributed by atoms with Gasteiger partial charge in [0.25, 0.3) is 11.5 Å². The summed E-state index contributed by atoms with van der Waals surface area (Å²) in [6.07, 6.45) is 3.04. The monoisotopic (exact) mass is 494 g/mol. The lowest BCUT2D eigenvalue weighted by Crippen LogP contribution is -2.29. The zero-order chi connectivity index (χ0) is 21.4. The largest absolute Gasteiger partial charge is 0.322 e. The van der Waals surface area contributed by atoms with Crippen molar-refractivity contribution in [3.63, 3.8) is 0 Å². The molecule has 1 amide bonds. The summed E-state index contributed by atoms with van der Waals surface area (Å²) in [7, 11) is 0.